The highest BCUT2D eigenvalue weighted by Crippen LogP contribution is 2.30. The molecule has 1 aliphatic rings. The maximum absolute atomic E-state index is 12.8. The van der Waals surface area contributed by atoms with Crippen LogP contribution < -0.4 is 5.32 Å². The molecule has 1 heterocycles. The van der Waals surface area contributed by atoms with Gasteiger partial charge < -0.3 is 5.32 Å². The van der Waals surface area contributed by atoms with E-state index in [2.05, 4.69) is 5.32 Å². The summed E-state index contributed by atoms with van der Waals surface area (Å²) in [5, 5.41) is 12.1. The summed E-state index contributed by atoms with van der Waals surface area (Å²) in [7, 11) is 0. The lowest BCUT2D eigenvalue weighted by atomic mass is 9.92. The van der Waals surface area contributed by atoms with Crippen LogP contribution in [0, 0.1) is 11.3 Å². The van der Waals surface area contributed by atoms with Gasteiger partial charge in [-0.05, 0) is 42.3 Å². The average molecular weight is 340 g/mol. The molecule has 3 rings (SSSR count). The molecule has 5 nitrogen and oxygen atoms in total. The van der Waals surface area contributed by atoms with Crippen molar-refractivity contribution in [1.29, 1.82) is 5.26 Å². The third-order valence-electron chi connectivity index (χ3n) is 4.12. The second-order valence-electron chi connectivity index (χ2n) is 5.76. The van der Waals surface area contributed by atoms with Crippen LogP contribution in [0.1, 0.15) is 23.6 Å². The number of nitrogens with zero attached hydrogens (tertiary/aromatic N) is 2. The Morgan fingerprint density at radius 1 is 1.12 bits per heavy atom. The highest BCUT2D eigenvalue weighted by molar-refractivity contribution is 6.30. The van der Waals surface area contributed by atoms with E-state index in [4.69, 9.17) is 16.9 Å². The Morgan fingerprint density at radius 2 is 1.75 bits per heavy atom. The van der Waals surface area contributed by atoms with Gasteiger partial charge in [0, 0.05) is 5.02 Å². The Kier molecular flexibility index (Phi) is 4.00. The van der Waals surface area contributed by atoms with E-state index >= 15 is 0 Å². The SMILES string of the molecule is C[C@@]1(c2ccc(Cl)cc2)NC(=O)N(Cc2ccc(C#N)cc2)C1=O. The van der Waals surface area contributed by atoms with Crippen molar-refractivity contribution < 1.29 is 9.59 Å². The number of nitrogens with one attached hydrogen (secondary N) is 1. The van der Waals surface area contributed by atoms with Gasteiger partial charge in [-0.15, -0.1) is 0 Å². The van der Waals surface area contributed by atoms with Crippen molar-refractivity contribution in [1.82, 2.24) is 10.2 Å². The molecule has 0 radical (unpaired) electrons. The molecule has 1 aliphatic heterocycles. The first kappa shape index (κ1) is 16.0. The number of halogens is 1. The number of hydrogen-bond acceptors (Lipinski definition) is 3. The van der Waals surface area contributed by atoms with Gasteiger partial charge in [0.05, 0.1) is 18.2 Å². The van der Waals surface area contributed by atoms with Crippen LogP contribution in [0.5, 0.6) is 0 Å². The second kappa shape index (κ2) is 5.99. The van der Waals surface area contributed by atoms with E-state index in [0.717, 1.165) is 5.56 Å². The monoisotopic (exact) mass is 339 g/mol. The Morgan fingerprint density at radius 3 is 2.33 bits per heavy atom. The van der Waals surface area contributed by atoms with E-state index < -0.39 is 11.6 Å². The van der Waals surface area contributed by atoms with Crippen LogP contribution in [0.3, 0.4) is 0 Å². The van der Waals surface area contributed by atoms with Crippen molar-refractivity contribution in [2.75, 3.05) is 0 Å². The van der Waals surface area contributed by atoms with Crippen molar-refractivity contribution in [2.45, 2.75) is 19.0 Å². The van der Waals surface area contributed by atoms with E-state index in [-0.39, 0.29) is 12.5 Å². The Balaban J connectivity index is 1.85. The number of hydrogen-bond donors (Lipinski definition) is 1. The van der Waals surface area contributed by atoms with Crippen molar-refractivity contribution >= 4 is 23.5 Å². The van der Waals surface area contributed by atoms with E-state index in [9.17, 15) is 9.59 Å². The molecule has 6 heteroatoms. The molecule has 3 amide bonds. The maximum Gasteiger partial charge on any atom is 0.325 e. The molecule has 2 aromatic rings. The first-order valence-corrected chi connectivity index (χ1v) is 7.71. The van der Waals surface area contributed by atoms with E-state index in [1.807, 2.05) is 6.07 Å². The summed E-state index contributed by atoms with van der Waals surface area (Å²) < 4.78 is 0. The fraction of sp³-hybridized carbons (Fsp3) is 0.167. The number of nitriles is 1. The van der Waals surface area contributed by atoms with Crippen molar-refractivity contribution in [3.8, 4) is 6.07 Å². The molecule has 120 valence electrons. The van der Waals surface area contributed by atoms with Crippen LogP contribution in [0.15, 0.2) is 48.5 Å². The second-order valence-corrected chi connectivity index (χ2v) is 6.20. The van der Waals surface area contributed by atoms with Crippen LogP contribution >= 0.6 is 11.6 Å². The van der Waals surface area contributed by atoms with E-state index in [0.29, 0.717) is 16.1 Å². The highest BCUT2D eigenvalue weighted by atomic mass is 35.5. The predicted molar refractivity (Wildman–Crippen MR) is 89.0 cm³/mol. The molecule has 0 unspecified atom stereocenters. The summed E-state index contributed by atoms with van der Waals surface area (Å²) in [6, 6.07) is 15.2. The number of urea groups is 1. The van der Waals surface area contributed by atoms with Gasteiger partial charge in [-0.2, -0.15) is 5.26 Å². The van der Waals surface area contributed by atoms with E-state index in [1.54, 1.807) is 55.5 Å². The Hall–Kier alpha value is -2.84. The fourth-order valence-electron chi connectivity index (χ4n) is 2.69. The highest BCUT2D eigenvalue weighted by Gasteiger charge is 2.48. The normalized spacial score (nSPS) is 20.0. The molecule has 0 bridgehead atoms. The third kappa shape index (κ3) is 2.72. The van der Waals surface area contributed by atoms with Crippen LogP contribution in [-0.4, -0.2) is 16.8 Å². The molecule has 1 atom stereocenters. The van der Waals surface area contributed by atoms with Gasteiger partial charge in [-0.25, -0.2) is 4.79 Å². The lowest BCUT2D eigenvalue weighted by molar-refractivity contribution is -0.131. The van der Waals surface area contributed by atoms with Crippen molar-refractivity contribution in [2.24, 2.45) is 0 Å². The fourth-order valence-corrected chi connectivity index (χ4v) is 2.81. The lowest BCUT2D eigenvalue weighted by Gasteiger charge is -2.22. The quantitative estimate of drug-likeness (QED) is 0.873. The smallest absolute Gasteiger partial charge is 0.319 e. The zero-order chi connectivity index (χ0) is 17.3. The van der Waals surface area contributed by atoms with Gasteiger partial charge in [0.15, 0.2) is 0 Å². The zero-order valence-electron chi connectivity index (χ0n) is 12.9. The standard InChI is InChI=1S/C18H14ClN3O2/c1-18(14-6-8-15(19)9-7-14)16(23)22(17(24)21-18)11-13-4-2-12(10-20)3-5-13/h2-9H,11H2,1H3,(H,21,24)/t18-/m0/s1. The molecule has 0 aliphatic carbocycles. The Labute approximate surface area is 144 Å². The van der Waals surface area contributed by atoms with Gasteiger partial charge in [0.1, 0.15) is 5.54 Å². The number of carbonyl (C=O) groups is 2. The van der Waals surface area contributed by atoms with Crippen molar-refractivity contribution in [3.05, 3.63) is 70.2 Å². The van der Waals surface area contributed by atoms with Crippen LogP contribution in [0.4, 0.5) is 4.79 Å². The summed E-state index contributed by atoms with van der Waals surface area (Å²) in [5.74, 6) is -0.320. The minimum Gasteiger partial charge on any atom is -0.319 e. The minimum absolute atomic E-state index is 0.152. The summed E-state index contributed by atoms with van der Waals surface area (Å²) in [4.78, 5) is 26.3. The molecule has 1 saturated heterocycles. The molecule has 1 N–H and O–H groups in total. The first-order chi connectivity index (χ1) is 11.4. The summed E-state index contributed by atoms with van der Waals surface area (Å²) in [6.45, 7) is 1.83. The van der Waals surface area contributed by atoms with Gasteiger partial charge in [-0.3, -0.25) is 9.69 Å². The van der Waals surface area contributed by atoms with Crippen LogP contribution in [0.2, 0.25) is 5.02 Å². The van der Waals surface area contributed by atoms with E-state index in [1.165, 1.54) is 4.90 Å². The lowest BCUT2D eigenvalue weighted by Crippen LogP contribution is -2.40. The molecule has 2 aromatic carbocycles. The van der Waals surface area contributed by atoms with Gasteiger partial charge in [0.25, 0.3) is 5.91 Å². The van der Waals surface area contributed by atoms with Gasteiger partial charge >= 0.3 is 6.03 Å². The van der Waals surface area contributed by atoms with Crippen molar-refractivity contribution in [3.63, 3.8) is 0 Å². The summed E-state index contributed by atoms with van der Waals surface area (Å²) >= 11 is 5.88. The molecule has 24 heavy (non-hydrogen) atoms. The van der Waals surface area contributed by atoms with Gasteiger partial charge in [0.2, 0.25) is 0 Å². The third-order valence-corrected chi connectivity index (χ3v) is 4.37. The minimum atomic E-state index is -1.12. The number of carbonyl (C=O) groups excluding carboxylic acids is 2. The summed E-state index contributed by atoms with van der Waals surface area (Å²) in [5.41, 5.74) is 0.862. The largest absolute Gasteiger partial charge is 0.325 e. The number of imide groups is 1. The zero-order valence-corrected chi connectivity index (χ0v) is 13.7. The topological polar surface area (TPSA) is 73.2 Å². The Bertz CT molecular complexity index is 840. The number of amides is 3. The molecular formula is C18H14ClN3O2. The average Bonchev–Trinajstić information content (AvgIpc) is 2.80. The molecular weight excluding hydrogens is 326 g/mol. The molecule has 0 spiro atoms. The number of rotatable bonds is 3. The maximum atomic E-state index is 12.8. The molecule has 0 saturated carbocycles. The number of benzene rings is 2. The van der Waals surface area contributed by atoms with Gasteiger partial charge in [-0.1, -0.05) is 35.9 Å². The summed E-state index contributed by atoms with van der Waals surface area (Å²) in [6.07, 6.45) is 0. The molecule has 0 aromatic heterocycles. The molecule has 1 fully saturated rings. The van der Waals surface area contributed by atoms with Crippen LogP contribution in [-0.2, 0) is 16.9 Å². The van der Waals surface area contributed by atoms with Crippen LogP contribution in [0.25, 0.3) is 0 Å². The first-order valence-electron chi connectivity index (χ1n) is 7.33. The predicted octanol–water partition coefficient (Wildman–Crippen LogP) is 3.18.